The Bertz CT molecular complexity index is 805. The molecule has 0 aliphatic rings. The van der Waals surface area contributed by atoms with Gasteiger partial charge in [0.1, 0.15) is 0 Å². The van der Waals surface area contributed by atoms with Crippen LogP contribution in [0.3, 0.4) is 0 Å². The molecule has 0 spiro atoms. The second kappa shape index (κ2) is 16.0. The monoisotopic (exact) mass is 567 g/mol. The molecule has 33 heavy (non-hydrogen) atoms. The van der Waals surface area contributed by atoms with Crippen LogP contribution in [0.2, 0.25) is 0 Å². The number of sulfonamides is 2. The molecule has 0 saturated carbocycles. The summed E-state index contributed by atoms with van der Waals surface area (Å²) in [5.74, 6) is 0. The van der Waals surface area contributed by atoms with E-state index in [0.29, 0.717) is 0 Å². The van der Waals surface area contributed by atoms with Gasteiger partial charge in [0.05, 0.1) is 35.2 Å². The Morgan fingerprint density at radius 3 is 1.03 bits per heavy atom. The molecule has 19 heteroatoms. The molecule has 0 atom stereocenters. The molecule has 0 aromatic heterocycles. The maximum Gasteiger partial charge on any atom is 0.485 e. The first kappa shape index (κ1) is 42.4. The summed E-state index contributed by atoms with van der Waals surface area (Å²) < 4.78 is 135. The molecule has 0 aliphatic heterocycles. The number of hydrogen-bond acceptors (Lipinski definition) is 7. The fraction of sp³-hybridized carbons (Fsp3) is 1.00. The maximum absolute atomic E-state index is 11.4. The molecule has 4 N–H and O–H groups in total. The first-order valence-electron chi connectivity index (χ1n) is 8.52. The quantitative estimate of drug-likeness (QED) is 0.281. The van der Waals surface area contributed by atoms with E-state index in [2.05, 4.69) is 47.3 Å². The first-order chi connectivity index (χ1) is 13.6. The fourth-order valence-corrected chi connectivity index (χ4v) is 2.73. The van der Waals surface area contributed by atoms with Crippen molar-refractivity contribution in [1.82, 2.24) is 0 Å². The van der Waals surface area contributed by atoms with Crippen molar-refractivity contribution >= 4 is 30.2 Å². The molecule has 0 saturated heterocycles. The van der Waals surface area contributed by atoms with Crippen LogP contribution in [0.5, 0.6) is 0 Å². The van der Waals surface area contributed by atoms with E-state index in [1.54, 1.807) is 9.03 Å². The Kier molecular flexibility index (Phi) is 20.6. The second-order valence-corrected chi connectivity index (χ2v) is 11.8. The van der Waals surface area contributed by atoms with Crippen LogP contribution >= 0.6 is 0 Å². The Morgan fingerprint density at radius 1 is 0.788 bits per heavy atom. The third-order valence-corrected chi connectivity index (χ3v) is 5.33. The zero-order chi connectivity index (χ0) is 27.4. The summed E-state index contributed by atoms with van der Waals surface area (Å²) in [5, 5.41) is 0. The van der Waals surface area contributed by atoms with Gasteiger partial charge in [-0.2, -0.15) is 26.3 Å². The van der Waals surface area contributed by atoms with E-state index in [1.807, 2.05) is 0 Å². The van der Waals surface area contributed by atoms with Crippen molar-refractivity contribution in [2.24, 2.45) is 0 Å². The van der Waals surface area contributed by atoms with Crippen LogP contribution in [0.4, 0.5) is 26.3 Å². The van der Waals surface area contributed by atoms with Gasteiger partial charge >= 0.3 is 11.0 Å². The maximum atomic E-state index is 11.4. The lowest BCUT2D eigenvalue weighted by molar-refractivity contribution is -0.894. The van der Waals surface area contributed by atoms with E-state index in [9.17, 15) is 43.2 Å². The summed E-state index contributed by atoms with van der Waals surface area (Å²) in [6.45, 7) is 16.7. The molecule has 0 bridgehead atoms. The molecule has 0 unspecified atom stereocenters. The SMILES string of the molecule is C.CC(C)(C)[NH3+].CC[NH+](CC)CC.CS(=O)(=O)[N-]S(=O)(=O)C(F)(F)F.O=S(=O)([O-])C(F)(F)F. The molecule has 0 aliphatic carbocycles. The van der Waals surface area contributed by atoms with Crippen molar-refractivity contribution in [1.29, 1.82) is 0 Å². The lowest BCUT2D eigenvalue weighted by Gasteiger charge is -2.19. The third kappa shape index (κ3) is 31.3. The molecule has 0 fully saturated rings. The number of halogens is 6. The van der Waals surface area contributed by atoms with Crippen LogP contribution in [0.15, 0.2) is 0 Å². The van der Waals surface area contributed by atoms with Crippen molar-refractivity contribution in [3.05, 3.63) is 4.13 Å². The predicted octanol–water partition coefficient (Wildman–Crippen LogP) is 0.815. The number of nitrogens with one attached hydrogen (secondary N) is 1. The van der Waals surface area contributed by atoms with Gasteiger partial charge < -0.3 is 19.3 Å². The summed E-state index contributed by atoms with van der Waals surface area (Å²) >= 11 is 0. The molecule has 0 aromatic carbocycles. The van der Waals surface area contributed by atoms with Gasteiger partial charge in [-0.3, -0.25) is 0 Å². The highest BCUT2D eigenvalue weighted by atomic mass is 32.3. The van der Waals surface area contributed by atoms with Gasteiger partial charge in [-0.1, -0.05) is 7.43 Å². The van der Waals surface area contributed by atoms with Crippen LogP contribution in [0, 0.1) is 0 Å². The van der Waals surface area contributed by atoms with E-state index in [0.717, 1.165) is 0 Å². The van der Waals surface area contributed by atoms with Crippen molar-refractivity contribution in [2.75, 3.05) is 25.9 Å². The number of quaternary nitrogens is 2. The molecular formula is C14H35F6N3O7S3. The van der Waals surface area contributed by atoms with Gasteiger partial charge in [-0.25, -0.2) is 25.3 Å². The Labute approximate surface area is 192 Å². The lowest BCUT2D eigenvalue weighted by atomic mass is 10.1. The van der Waals surface area contributed by atoms with Gasteiger partial charge in [0.2, 0.25) is 0 Å². The normalized spacial score (nSPS) is 12.7. The largest absolute Gasteiger partial charge is 0.741 e. The number of nitrogens with zero attached hydrogens (tertiary/aromatic N) is 1. The molecule has 10 nitrogen and oxygen atoms in total. The molecule has 0 radical (unpaired) electrons. The van der Waals surface area contributed by atoms with Gasteiger partial charge in [0, 0.05) is 6.26 Å². The van der Waals surface area contributed by atoms with Crippen LogP contribution in [0.1, 0.15) is 49.0 Å². The summed E-state index contributed by atoms with van der Waals surface area (Å²) in [5.41, 5.74) is -7.30. The average molecular weight is 568 g/mol. The van der Waals surface area contributed by atoms with E-state index < -0.39 is 41.2 Å². The van der Waals surface area contributed by atoms with Crippen molar-refractivity contribution < 1.29 is 66.8 Å². The highest BCUT2D eigenvalue weighted by molar-refractivity contribution is 8.12. The van der Waals surface area contributed by atoms with E-state index in [1.165, 1.54) is 19.6 Å². The van der Waals surface area contributed by atoms with Crippen LogP contribution in [0.25, 0.3) is 4.13 Å². The Morgan fingerprint density at radius 2 is 1.00 bits per heavy atom. The van der Waals surface area contributed by atoms with Crippen LogP contribution < -0.4 is 10.6 Å². The van der Waals surface area contributed by atoms with Crippen LogP contribution in [-0.4, -0.2) is 72.3 Å². The number of hydrogen-bond donors (Lipinski definition) is 2. The van der Waals surface area contributed by atoms with Gasteiger partial charge in [0.25, 0.3) is 0 Å². The van der Waals surface area contributed by atoms with E-state index in [4.69, 9.17) is 13.0 Å². The number of rotatable bonds is 5. The zero-order valence-corrected chi connectivity index (χ0v) is 21.1. The topological polar surface area (TPSA) is 172 Å². The Hall–Kier alpha value is -0.730. The zero-order valence-electron chi connectivity index (χ0n) is 18.6. The summed E-state index contributed by atoms with van der Waals surface area (Å²) in [6.07, 6.45) is 0.246. The molecule has 0 rings (SSSR count). The predicted molar refractivity (Wildman–Crippen MR) is 111 cm³/mol. The molecule has 0 aromatic rings. The van der Waals surface area contributed by atoms with Crippen molar-refractivity contribution in [3.8, 4) is 0 Å². The molecule has 0 amide bonds. The average Bonchev–Trinajstić information content (AvgIpc) is 2.42. The smallest absolute Gasteiger partial charge is 0.485 e. The highest BCUT2D eigenvalue weighted by Gasteiger charge is 2.40. The minimum absolute atomic E-state index is 0. The Balaban J connectivity index is -0.000000110. The van der Waals surface area contributed by atoms with E-state index >= 15 is 0 Å². The third-order valence-electron chi connectivity index (χ3n) is 2.31. The molecule has 208 valence electrons. The van der Waals surface area contributed by atoms with Crippen molar-refractivity contribution in [2.45, 2.75) is 65.5 Å². The van der Waals surface area contributed by atoms with Crippen molar-refractivity contribution in [3.63, 3.8) is 0 Å². The summed E-state index contributed by atoms with van der Waals surface area (Å²) in [6, 6.07) is 0. The minimum atomic E-state index is -6.09. The summed E-state index contributed by atoms with van der Waals surface area (Å²) in [4.78, 5) is 1.68. The fourth-order valence-electron chi connectivity index (χ4n) is 0.971. The summed E-state index contributed by atoms with van der Waals surface area (Å²) in [7, 11) is -16.6. The first-order valence-corrected chi connectivity index (χ1v) is 13.2. The highest BCUT2D eigenvalue weighted by Crippen LogP contribution is 2.29. The standard InChI is InChI=1S/C6H15N.C4H11N.C2H3F3NO4S2.CHF3O3S.CH4/c1-4-7(5-2)6-3;1-4(2,3)5;1-11(7,8)6-12(9,10)2(3,4)5;2-1(3,4)8(5,6)7;/h4-6H2,1-3H3;5H2,1-3H3;1H3;(H,5,6,7);1H4/q;;-1;;/p+1. The van der Waals surface area contributed by atoms with Gasteiger partial charge in [0.15, 0.2) is 20.1 Å². The number of alkyl halides is 6. The second-order valence-electron chi connectivity index (χ2n) is 7.00. The van der Waals surface area contributed by atoms with Gasteiger partial charge in [-0.05, 0) is 41.5 Å². The minimum Gasteiger partial charge on any atom is -0.741 e. The lowest BCUT2D eigenvalue weighted by Crippen LogP contribution is -3.11. The molecular weight excluding hydrogens is 532 g/mol. The van der Waals surface area contributed by atoms with Gasteiger partial charge in [-0.15, -0.1) is 0 Å². The van der Waals surface area contributed by atoms with Crippen LogP contribution in [-0.2, 0) is 30.2 Å². The van der Waals surface area contributed by atoms with E-state index in [-0.39, 0.29) is 19.2 Å². The molecule has 0 heterocycles.